The molecule has 4 heteroatoms. The molecule has 0 saturated carbocycles. The number of hydrogen-bond acceptors (Lipinski definition) is 2. The average Bonchev–Trinajstić information content (AvgIpc) is 2.14. The van der Waals surface area contributed by atoms with Gasteiger partial charge in [-0.25, -0.2) is 0 Å². The Kier molecular flexibility index (Phi) is 3.66. The molecule has 0 aliphatic carbocycles. The van der Waals surface area contributed by atoms with Gasteiger partial charge in [-0.2, -0.15) is 8.42 Å². The lowest BCUT2D eigenvalue weighted by Gasteiger charge is -2.12. The van der Waals surface area contributed by atoms with Crippen LogP contribution in [-0.2, 0) is 10.1 Å². The fourth-order valence-corrected chi connectivity index (χ4v) is 2.37. The first-order chi connectivity index (χ1) is 6.53. The van der Waals surface area contributed by atoms with Crippen molar-refractivity contribution in [3.63, 3.8) is 0 Å². The van der Waals surface area contributed by atoms with Crippen LogP contribution in [0, 0.1) is 0 Å². The second-order valence-corrected chi connectivity index (χ2v) is 4.76. The summed E-state index contributed by atoms with van der Waals surface area (Å²) in [7, 11) is -3.88. The Balaban J connectivity index is 2.84. The quantitative estimate of drug-likeness (QED) is 0.780. The molecule has 1 N–H and O–H groups in total. The minimum Gasteiger partial charge on any atom is -0.286 e. The second kappa shape index (κ2) is 4.57. The lowest BCUT2D eigenvalue weighted by Crippen LogP contribution is -2.13. The Hall–Kier alpha value is -0.870. The van der Waals surface area contributed by atoms with E-state index >= 15 is 0 Å². The summed E-state index contributed by atoms with van der Waals surface area (Å²) in [6, 6.07) is 9.35. The van der Waals surface area contributed by atoms with Gasteiger partial charge in [-0.3, -0.25) is 4.55 Å². The van der Waals surface area contributed by atoms with Crippen molar-refractivity contribution < 1.29 is 13.0 Å². The molecule has 0 radical (unpaired) electrons. The Labute approximate surface area is 84.5 Å². The third-order valence-corrected chi connectivity index (χ3v) is 3.00. The van der Waals surface area contributed by atoms with Gasteiger partial charge in [0.25, 0.3) is 10.1 Å². The monoisotopic (exact) mass is 214 g/mol. The lowest BCUT2D eigenvalue weighted by atomic mass is 9.99. The van der Waals surface area contributed by atoms with Crippen LogP contribution in [0.25, 0.3) is 0 Å². The van der Waals surface area contributed by atoms with Crippen LogP contribution in [0.15, 0.2) is 30.3 Å². The fraction of sp³-hybridized carbons (Fsp3) is 0.400. The largest absolute Gasteiger partial charge is 0.286 e. The molecule has 3 nitrogen and oxygen atoms in total. The van der Waals surface area contributed by atoms with Crippen LogP contribution >= 0.6 is 0 Å². The topological polar surface area (TPSA) is 54.4 Å². The van der Waals surface area contributed by atoms with E-state index in [2.05, 4.69) is 0 Å². The Morgan fingerprint density at radius 2 is 1.86 bits per heavy atom. The normalized spacial score (nSPS) is 13.9. The summed E-state index contributed by atoms with van der Waals surface area (Å²) in [6.45, 7) is 1.91. The van der Waals surface area contributed by atoms with E-state index in [9.17, 15) is 8.42 Å². The summed E-state index contributed by atoms with van der Waals surface area (Å²) >= 11 is 0. The van der Waals surface area contributed by atoms with Gasteiger partial charge in [-0.05, 0) is 17.9 Å². The molecule has 0 aliphatic heterocycles. The molecule has 0 fully saturated rings. The number of hydrogen-bond donors (Lipinski definition) is 1. The summed E-state index contributed by atoms with van der Waals surface area (Å²) < 4.78 is 30.2. The maximum atomic E-state index is 10.7. The third-order valence-electron chi connectivity index (χ3n) is 2.18. The molecule has 0 saturated heterocycles. The molecule has 0 amide bonds. The van der Waals surface area contributed by atoms with Gasteiger partial charge in [-0.1, -0.05) is 37.3 Å². The minimum atomic E-state index is -3.88. The van der Waals surface area contributed by atoms with Gasteiger partial charge < -0.3 is 0 Å². The van der Waals surface area contributed by atoms with E-state index in [4.69, 9.17) is 4.55 Å². The summed E-state index contributed by atoms with van der Waals surface area (Å²) in [6.07, 6.45) is 0.698. The third kappa shape index (κ3) is 3.47. The number of benzene rings is 1. The molecule has 1 unspecified atom stereocenters. The highest BCUT2D eigenvalue weighted by Crippen LogP contribution is 2.20. The summed E-state index contributed by atoms with van der Waals surface area (Å²) in [5, 5.41) is 0. The molecule has 0 aliphatic rings. The highest BCUT2D eigenvalue weighted by Gasteiger charge is 2.16. The Morgan fingerprint density at radius 1 is 1.29 bits per heavy atom. The molecule has 1 rings (SSSR count). The van der Waals surface area contributed by atoms with Crippen LogP contribution in [0.5, 0.6) is 0 Å². The Bertz CT molecular complexity index is 370. The zero-order valence-corrected chi connectivity index (χ0v) is 8.87. The van der Waals surface area contributed by atoms with Gasteiger partial charge in [0.05, 0.1) is 5.75 Å². The molecular formula is C10H14O3S. The summed E-state index contributed by atoms with van der Waals surface area (Å²) in [4.78, 5) is 0. The first kappa shape index (κ1) is 11.2. The van der Waals surface area contributed by atoms with Gasteiger partial charge in [0, 0.05) is 0 Å². The molecule has 0 aromatic heterocycles. The van der Waals surface area contributed by atoms with Crippen molar-refractivity contribution in [2.24, 2.45) is 0 Å². The van der Waals surface area contributed by atoms with Crippen LogP contribution < -0.4 is 0 Å². The predicted molar refractivity (Wildman–Crippen MR) is 55.9 cm³/mol. The van der Waals surface area contributed by atoms with Crippen molar-refractivity contribution in [3.05, 3.63) is 35.9 Å². The lowest BCUT2D eigenvalue weighted by molar-refractivity contribution is 0.476. The van der Waals surface area contributed by atoms with E-state index in [0.717, 1.165) is 5.56 Å². The molecule has 14 heavy (non-hydrogen) atoms. The average molecular weight is 214 g/mol. The smallest absolute Gasteiger partial charge is 0.265 e. The van der Waals surface area contributed by atoms with Gasteiger partial charge in [-0.15, -0.1) is 0 Å². The molecular weight excluding hydrogens is 200 g/mol. The maximum Gasteiger partial charge on any atom is 0.265 e. The van der Waals surface area contributed by atoms with E-state index in [0.29, 0.717) is 6.42 Å². The SMILES string of the molecule is CCC(CS(=O)(=O)O)c1ccccc1. The van der Waals surface area contributed by atoms with Crippen molar-refractivity contribution >= 4 is 10.1 Å². The first-order valence-corrected chi connectivity index (χ1v) is 6.14. The van der Waals surface area contributed by atoms with E-state index in [1.807, 2.05) is 37.3 Å². The molecule has 78 valence electrons. The van der Waals surface area contributed by atoms with Gasteiger partial charge in [0.15, 0.2) is 0 Å². The van der Waals surface area contributed by atoms with Gasteiger partial charge in [0.1, 0.15) is 0 Å². The van der Waals surface area contributed by atoms with Crippen molar-refractivity contribution in [3.8, 4) is 0 Å². The molecule has 0 spiro atoms. The molecule has 1 aromatic rings. The molecule has 0 bridgehead atoms. The van der Waals surface area contributed by atoms with E-state index in [-0.39, 0.29) is 11.7 Å². The van der Waals surface area contributed by atoms with Crippen molar-refractivity contribution in [2.75, 3.05) is 5.75 Å². The first-order valence-electron chi connectivity index (χ1n) is 4.53. The standard InChI is InChI=1S/C10H14O3S/c1-2-9(8-14(11,12)13)10-6-4-3-5-7-10/h3-7,9H,2,8H2,1H3,(H,11,12,13). The highest BCUT2D eigenvalue weighted by atomic mass is 32.2. The van der Waals surface area contributed by atoms with Gasteiger partial charge >= 0.3 is 0 Å². The van der Waals surface area contributed by atoms with Crippen LogP contribution in [0.1, 0.15) is 24.8 Å². The fourth-order valence-electron chi connectivity index (χ4n) is 1.43. The van der Waals surface area contributed by atoms with Crippen LogP contribution in [0.2, 0.25) is 0 Å². The second-order valence-electron chi connectivity index (χ2n) is 3.26. The van der Waals surface area contributed by atoms with Crippen molar-refractivity contribution in [1.29, 1.82) is 0 Å². The van der Waals surface area contributed by atoms with E-state index in [1.165, 1.54) is 0 Å². The van der Waals surface area contributed by atoms with Crippen LogP contribution in [-0.4, -0.2) is 18.7 Å². The van der Waals surface area contributed by atoms with Crippen LogP contribution in [0.4, 0.5) is 0 Å². The zero-order valence-electron chi connectivity index (χ0n) is 8.05. The summed E-state index contributed by atoms with van der Waals surface area (Å²) in [5.74, 6) is -0.320. The maximum absolute atomic E-state index is 10.7. The highest BCUT2D eigenvalue weighted by molar-refractivity contribution is 7.85. The minimum absolute atomic E-state index is 0.119. The van der Waals surface area contributed by atoms with Crippen LogP contribution in [0.3, 0.4) is 0 Å². The van der Waals surface area contributed by atoms with E-state index < -0.39 is 10.1 Å². The Morgan fingerprint density at radius 3 is 2.29 bits per heavy atom. The molecule has 0 heterocycles. The zero-order chi connectivity index (χ0) is 10.6. The van der Waals surface area contributed by atoms with Crippen molar-refractivity contribution in [2.45, 2.75) is 19.3 Å². The van der Waals surface area contributed by atoms with Gasteiger partial charge in [0.2, 0.25) is 0 Å². The molecule has 1 aromatic carbocycles. The predicted octanol–water partition coefficient (Wildman–Crippen LogP) is 2.07. The van der Waals surface area contributed by atoms with E-state index in [1.54, 1.807) is 0 Å². The van der Waals surface area contributed by atoms with Crippen molar-refractivity contribution in [1.82, 2.24) is 0 Å². The number of rotatable bonds is 4. The molecule has 1 atom stereocenters. The summed E-state index contributed by atoms with van der Waals surface area (Å²) in [5.41, 5.74) is 0.952.